The average molecular weight is 390 g/mol. The zero-order valence-electron chi connectivity index (χ0n) is 14.1. The van der Waals surface area contributed by atoms with Gasteiger partial charge in [-0.3, -0.25) is 4.79 Å². The van der Waals surface area contributed by atoms with Crippen LogP contribution in [-0.4, -0.2) is 17.4 Å². The van der Waals surface area contributed by atoms with Gasteiger partial charge in [-0.15, -0.1) is 22.7 Å². The van der Waals surface area contributed by atoms with Gasteiger partial charge in [-0.25, -0.2) is 4.79 Å². The Morgan fingerprint density at radius 3 is 1.78 bits per heavy atom. The van der Waals surface area contributed by atoms with Crippen LogP contribution >= 0.6 is 22.7 Å². The van der Waals surface area contributed by atoms with E-state index in [0.29, 0.717) is 10.4 Å². The van der Waals surface area contributed by atoms with Gasteiger partial charge in [0.1, 0.15) is 11.2 Å². The van der Waals surface area contributed by atoms with Gasteiger partial charge in [-0.05, 0) is 41.0 Å². The van der Waals surface area contributed by atoms with Crippen molar-refractivity contribution in [2.75, 3.05) is 0 Å². The van der Waals surface area contributed by atoms with Crippen LogP contribution in [-0.2, 0) is 0 Å². The Balaban J connectivity index is 1.57. The molecule has 0 saturated carbocycles. The van der Waals surface area contributed by atoms with E-state index in [2.05, 4.69) is 30.3 Å². The van der Waals surface area contributed by atoms with Crippen LogP contribution in [0.5, 0.6) is 0 Å². The highest BCUT2D eigenvalue weighted by molar-refractivity contribution is 7.24. The number of carboxylic acids is 1. The third kappa shape index (κ3) is 3.60. The minimum Gasteiger partial charge on any atom is -0.477 e. The van der Waals surface area contributed by atoms with Crippen LogP contribution in [0.2, 0.25) is 0 Å². The number of benzene rings is 2. The molecule has 2 aromatic heterocycles. The van der Waals surface area contributed by atoms with E-state index in [9.17, 15) is 9.59 Å². The van der Waals surface area contributed by atoms with Gasteiger partial charge in [0.25, 0.3) is 0 Å². The molecule has 5 heteroatoms. The highest BCUT2D eigenvalue weighted by Crippen LogP contribution is 2.38. The second-order valence-electron chi connectivity index (χ2n) is 5.95. The fourth-order valence-electron chi connectivity index (χ4n) is 2.79. The second-order valence-corrected chi connectivity index (χ2v) is 8.12. The Bertz CT molecular complexity index is 1100. The van der Waals surface area contributed by atoms with Crippen molar-refractivity contribution in [2.45, 2.75) is 0 Å². The van der Waals surface area contributed by atoms with E-state index in [-0.39, 0.29) is 0 Å². The lowest BCUT2D eigenvalue weighted by Gasteiger charge is -2.04. The molecular formula is C22H14O3S2. The van der Waals surface area contributed by atoms with Crippen LogP contribution in [0.25, 0.3) is 31.3 Å². The first-order chi connectivity index (χ1) is 13.1. The molecule has 0 saturated heterocycles. The summed E-state index contributed by atoms with van der Waals surface area (Å²) in [5.74, 6) is -0.889. The molecule has 27 heavy (non-hydrogen) atoms. The predicted octanol–water partition coefficient (Wildman–Crippen LogP) is 6.32. The van der Waals surface area contributed by atoms with E-state index < -0.39 is 5.97 Å². The quantitative estimate of drug-likeness (QED) is 0.406. The average Bonchev–Trinajstić information content (AvgIpc) is 3.38. The molecule has 0 aliphatic heterocycles. The maximum atomic E-state index is 11.1. The van der Waals surface area contributed by atoms with Gasteiger partial charge in [0.2, 0.25) is 0 Å². The van der Waals surface area contributed by atoms with Crippen molar-refractivity contribution in [3.8, 4) is 31.3 Å². The van der Waals surface area contributed by atoms with E-state index in [1.54, 1.807) is 17.4 Å². The molecule has 0 aliphatic rings. The predicted molar refractivity (Wildman–Crippen MR) is 111 cm³/mol. The maximum Gasteiger partial charge on any atom is 0.345 e. The van der Waals surface area contributed by atoms with Gasteiger partial charge < -0.3 is 5.11 Å². The van der Waals surface area contributed by atoms with Crippen molar-refractivity contribution in [3.63, 3.8) is 0 Å². The largest absolute Gasteiger partial charge is 0.477 e. The molecule has 0 bridgehead atoms. The summed E-state index contributed by atoms with van der Waals surface area (Å²) < 4.78 is 0. The molecule has 4 rings (SSSR count). The fraction of sp³-hybridized carbons (Fsp3) is 0. The molecule has 0 fully saturated rings. The van der Waals surface area contributed by atoms with E-state index in [1.165, 1.54) is 11.3 Å². The molecule has 0 amide bonds. The number of aromatic carboxylic acids is 1. The van der Waals surface area contributed by atoms with E-state index in [4.69, 9.17) is 5.11 Å². The summed E-state index contributed by atoms with van der Waals surface area (Å²) in [5.41, 5.74) is 3.95. The smallest absolute Gasteiger partial charge is 0.345 e. The molecule has 2 aromatic carbocycles. The summed E-state index contributed by atoms with van der Waals surface area (Å²) in [5, 5.41) is 9.07. The van der Waals surface area contributed by atoms with E-state index in [0.717, 1.165) is 37.6 Å². The Hall–Kier alpha value is -3.02. The molecular weight excluding hydrogens is 376 g/mol. The third-order valence-electron chi connectivity index (χ3n) is 4.22. The zero-order chi connectivity index (χ0) is 18.8. The van der Waals surface area contributed by atoms with Crippen molar-refractivity contribution in [2.24, 2.45) is 0 Å². The van der Waals surface area contributed by atoms with Crippen LogP contribution in [0, 0.1) is 0 Å². The molecule has 0 spiro atoms. The standard InChI is InChI=1S/C22H14O3S2/c23-13-14-1-3-15(4-2-14)16-5-7-17(8-6-16)18-9-10-19(26-18)20-11-12-21(27-20)22(24)25/h1-13H,(H,24,25). The number of rotatable bonds is 5. The topological polar surface area (TPSA) is 54.4 Å². The molecule has 0 atom stereocenters. The van der Waals surface area contributed by atoms with Crippen molar-refractivity contribution < 1.29 is 14.7 Å². The monoisotopic (exact) mass is 390 g/mol. The minimum absolute atomic E-state index is 0.352. The highest BCUT2D eigenvalue weighted by atomic mass is 32.1. The third-order valence-corrected chi connectivity index (χ3v) is 6.62. The Kier molecular flexibility index (Phi) is 4.71. The molecule has 3 nitrogen and oxygen atoms in total. The van der Waals surface area contributed by atoms with E-state index >= 15 is 0 Å². The van der Waals surface area contributed by atoms with Crippen molar-refractivity contribution >= 4 is 34.9 Å². The number of aldehydes is 1. The molecule has 1 N–H and O–H groups in total. The lowest BCUT2D eigenvalue weighted by molar-refractivity contribution is 0.0702. The number of hydrogen-bond donors (Lipinski definition) is 1. The Morgan fingerprint density at radius 1 is 0.667 bits per heavy atom. The van der Waals surface area contributed by atoms with Crippen LogP contribution in [0.15, 0.2) is 72.8 Å². The SMILES string of the molecule is O=Cc1ccc(-c2ccc(-c3ccc(-c4ccc(C(=O)O)s4)s3)cc2)cc1. The van der Waals surface area contributed by atoms with Gasteiger partial charge in [0, 0.05) is 20.2 Å². The number of carbonyl (C=O) groups excluding carboxylic acids is 1. The summed E-state index contributed by atoms with van der Waals surface area (Å²) in [6, 6.07) is 23.4. The van der Waals surface area contributed by atoms with Crippen molar-refractivity contribution in [3.05, 3.63) is 83.2 Å². The normalized spacial score (nSPS) is 10.7. The van der Waals surface area contributed by atoms with Crippen LogP contribution in [0.1, 0.15) is 20.0 Å². The van der Waals surface area contributed by atoms with Gasteiger partial charge in [0.05, 0.1) is 0 Å². The van der Waals surface area contributed by atoms with Crippen molar-refractivity contribution in [1.82, 2.24) is 0 Å². The fourth-order valence-corrected chi connectivity index (χ4v) is 4.74. The number of hydrogen-bond acceptors (Lipinski definition) is 4. The lowest BCUT2D eigenvalue weighted by atomic mass is 10.0. The van der Waals surface area contributed by atoms with Gasteiger partial charge in [-0.1, -0.05) is 48.5 Å². The molecule has 4 aromatic rings. The zero-order valence-corrected chi connectivity index (χ0v) is 15.7. The molecule has 132 valence electrons. The first-order valence-corrected chi connectivity index (χ1v) is 9.87. The highest BCUT2D eigenvalue weighted by Gasteiger charge is 2.11. The van der Waals surface area contributed by atoms with Gasteiger partial charge in [0.15, 0.2) is 0 Å². The van der Waals surface area contributed by atoms with E-state index in [1.807, 2.05) is 36.4 Å². The van der Waals surface area contributed by atoms with Crippen LogP contribution in [0.3, 0.4) is 0 Å². The first-order valence-electron chi connectivity index (χ1n) is 8.23. The second kappa shape index (κ2) is 7.31. The summed E-state index contributed by atoms with van der Waals surface area (Å²) >= 11 is 2.94. The first kappa shape index (κ1) is 17.4. The molecule has 2 heterocycles. The summed E-state index contributed by atoms with van der Waals surface area (Å²) in [7, 11) is 0. The molecule has 0 aliphatic carbocycles. The summed E-state index contributed by atoms with van der Waals surface area (Å²) in [6.45, 7) is 0. The molecule has 0 unspecified atom stereocenters. The number of carbonyl (C=O) groups is 2. The van der Waals surface area contributed by atoms with Crippen molar-refractivity contribution in [1.29, 1.82) is 0 Å². The Morgan fingerprint density at radius 2 is 1.19 bits per heavy atom. The van der Waals surface area contributed by atoms with Gasteiger partial charge >= 0.3 is 5.97 Å². The molecule has 0 radical (unpaired) electrons. The number of thiophene rings is 2. The maximum absolute atomic E-state index is 11.1. The number of carboxylic acid groups (broad SMARTS) is 1. The summed E-state index contributed by atoms with van der Waals surface area (Å²) in [6.07, 6.45) is 0.842. The lowest BCUT2D eigenvalue weighted by Crippen LogP contribution is -1.89. The van der Waals surface area contributed by atoms with Crippen LogP contribution < -0.4 is 0 Å². The van der Waals surface area contributed by atoms with Gasteiger partial charge in [-0.2, -0.15) is 0 Å². The van der Waals surface area contributed by atoms with Crippen LogP contribution in [0.4, 0.5) is 0 Å². The Labute approximate surface area is 164 Å². The summed E-state index contributed by atoms with van der Waals surface area (Å²) in [4.78, 5) is 25.3. The minimum atomic E-state index is -0.889.